The zero-order valence-corrected chi connectivity index (χ0v) is 11.9. The van der Waals surface area contributed by atoms with E-state index < -0.39 is 0 Å². The Labute approximate surface area is 115 Å². The van der Waals surface area contributed by atoms with Crippen LogP contribution in [-0.2, 0) is 9.59 Å². The highest BCUT2D eigenvalue weighted by molar-refractivity contribution is 5.81. The first kappa shape index (κ1) is 14.3. The van der Waals surface area contributed by atoms with Crippen molar-refractivity contribution in [3.63, 3.8) is 0 Å². The van der Waals surface area contributed by atoms with Crippen molar-refractivity contribution in [2.75, 3.05) is 26.2 Å². The lowest BCUT2D eigenvalue weighted by molar-refractivity contribution is -0.134. The first-order valence-electron chi connectivity index (χ1n) is 7.34. The highest BCUT2D eigenvalue weighted by atomic mass is 16.2. The molecule has 19 heavy (non-hydrogen) atoms. The molecule has 0 aromatic carbocycles. The van der Waals surface area contributed by atoms with Crippen molar-refractivity contribution in [3.05, 3.63) is 0 Å². The summed E-state index contributed by atoms with van der Waals surface area (Å²) >= 11 is 0. The number of piperidine rings is 2. The monoisotopic (exact) mass is 267 g/mol. The van der Waals surface area contributed by atoms with E-state index in [1.807, 2.05) is 0 Å². The summed E-state index contributed by atoms with van der Waals surface area (Å²) in [4.78, 5) is 25.5. The van der Waals surface area contributed by atoms with E-state index in [0.29, 0.717) is 12.5 Å². The van der Waals surface area contributed by atoms with Crippen LogP contribution in [0.4, 0.5) is 0 Å². The predicted molar refractivity (Wildman–Crippen MR) is 73.6 cm³/mol. The third-order valence-corrected chi connectivity index (χ3v) is 4.39. The van der Waals surface area contributed by atoms with Gasteiger partial charge in [-0.25, -0.2) is 0 Å². The van der Waals surface area contributed by atoms with Crippen molar-refractivity contribution in [2.24, 2.45) is 11.8 Å². The van der Waals surface area contributed by atoms with Crippen molar-refractivity contribution in [1.82, 2.24) is 15.5 Å². The van der Waals surface area contributed by atoms with E-state index in [0.717, 1.165) is 38.9 Å². The van der Waals surface area contributed by atoms with Gasteiger partial charge in [0.15, 0.2) is 0 Å². The number of amides is 2. The van der Waals surface area contributed by atoms with Gasteiger partial charge in [-0.05, 0) is 31.7 Å². The van der Waals surface area contributed by atoms with Crippen molar-refractivity contribution in [1.29, 1.82) is 0 Å². The molecule has 2 saturated heterocycles. The maximum Gasteiger partial charge on any atom is 0.225 e. The van der Waals surface area contributed by atoms with Crippen LogP contribution in [0.25, 0.3) is 0 Å². The van der Waals surface area contributed by atoms with Gasteiger partial charge in [0.25, 0.3) is 0 Å². The summed E-state index contributed by atoms with van der Waals surface area (Å²) in [6, 6.07) is 0.231. The molecule has 2 heterocycles. The molecule has 3 atom stereocenters. The molecule has 2 aliphatic heterocycles. The third kappa shape index (κ3) is 3.69. The van der Waals surface area contributed by atoms with Gasteiger partial charge in [-0.3, -0.25) is 9.59 Å². The largest absolute Gasteiger partial charge is 0.352 e. The Morgan fingerprint density at radius 3 is 2.79 bits per heavy atom. The van der Waals surface area contributed by atoms with Gasteiger partial charge in [0.1, 0.15) is 0 Å². The predicted octanol–water partition coefficient (Wildman–Crippen LogP) is 0.359. The molecule has 3 unspecified atom stereocenters. The molecule has 5 nitrogen and oxygen atoms in total. The third-order valence-electron chi connectivity index (χ3n) is 4.39. The summed E-state index contributed by atoms with van der Waals surface area (Å²) in [6.07, 6.45) is 2.93. The Morgan fingerprint density at radius 1 is 1.32 bits per heavy atom. The number of hydrogen-bond acceptors (Lipinski definition) is 3. The summed E-state index contributed by atoms with van der Waals surface area (Å²) in [7, 11) is 0. The summed E-state index contributed by atoms with van der Waals surface area (Å²) in [5.74, 6) is 0.682. The average molecular weight is 267 g/mol. The van der Waals surface area contributed by atoms with Crippen LogP contribution in [0, 0.1) is 11.8 Å². The fourth-order valence-corrected chi connectivity index (χ4v) is 2.96. The fraction of sp³-hybridized carbons (Fsp3) is 0.857. The van der Waals surface area contributed by atoms with Crippen LogP contribution in [0.15, 0.2) is 0 Å². The molecule has 0 bridgehead atoms. The Morgan fingerprint density at radius 2 is 2.11 bits per heavy atom. The molecule has 2 rings (SSSR count). The molecule has 0 saturated carbocycles. The lowest BCUT2D eigenvalue weighted by atomic mass is 9.92. The molecular formula is C14H25N3O2. The number of rotatable bonds is 2. The fourth-order valence-electron chi connectivity index (χ4n) is 2.96. The number of likely N-dealkylation sites (tertiary alicyclic amines) is 1. The Bertz CT molecular complexity index is 346. The molecule has 0 radical (unpaired) electrons. The molecule has 2 aliphatic rings. The van der Waals surface area contributed by atoms with E-state index >= 15 is 0 Å². The highest BCUT2D eigenvalue weighted by Gasteiger charge is 2.30. The van der Waals surface area contributed by atoms with Gasteiger partial charge < -0.3 is 15.5 Å². The van der Waals surface area contributed by atoms with Gasteiger partial charge >= 0.3 is 0 Å². The first-order valence-corrected chi connectivity index (χ1v) is 7.34. The second kappa shape index (κ2) is 6.37. The number of nitrogens with zero attached hydrogens (tertiary/aromatic N) is 1. The SMILES string of the molecule is CC(=O)N1CCCC(C(=O)NC2CNCCC2C)C1. The molecular weight excluding hydrogens is 242 g/mol. The zero-order chi connectivity index (χ0) is 13.8. The smallest absolute Gasteiger partial charge is 0.225 e. The van der Waals surface area contributed by atoms with Crippen LogP contribution >= 0.6 is 0 Å². The summed E-state index contributed by atoms with van der Waals surface area (Å²) in [5, 5.41) is 6.48. The van der Waals surface area contributed by atoms with Crippen molar-refractivity contribution >= 4 is 11.8 Å². The molecule has 0 aromatic rings. The lowest BCUT2D eigenvalue weighted by Gasteiger charge is -2.35. The zero-order valence-electron chi connectivity index (χ0n) is 11.9. The van der Waals surface area contributed by atoms with Crippen LogP contribution in [0.5, 0.6) is 0 Å². The van der Waals surface area contributed by atoms with Gasteiger partial charge in [-0.15, -0.1) is 0 Å². The van der Waals surface area contributed by atoms with Crippen LogP contribution in [0.1, 0.15) is 33.1 Å². The minimum atomic E-state index is -0.0354. The molecule has 5 heteroatoms. The molecule has 0 aliphatic carbocycles. The van der Waals surface area contributed by atoms with Gasteiger partial charge in [0, 0.05) is 32.6 Å². The van der Waals surface area contributed by atoms with Crippen molar-refractivity contribution in [2.45, 2.75) is 39.2 Å². The molecule has 0 aromatic heterocycles. The Balaban J connectivity index is 1.86. The van der Waals surface area contributed by atoms with E-state index in [1.165, 1.54) is 0 Å². The molecule has 2 amide bonds. The molecule has 2 N–H and O–H groups in total. The van der Waals surface area contributed by atoms with E-state index in [2.05, 4.69) is 17.6 Å². The number of carbonyl (C=O) groups excluding carboxylic acids is 2. The minimum Gasteiger partial charge on any atom is -0.352 e. The van der Waals surface area contributed by atoms with Gasteiger partial charge in [0.05, 0.1) is 5.92 Å². The van der Waals surface area contributed by atoms with Crippen LogP contribution < -0.4 is 10.6 Å². The van der Waals surface area contributed by atoms with E-state index in [-0.39, 0.29) is 23.8 Å². The van der Waals surface area contributed by atoms with Gasteiger partial charge in [0.2, 0.25) is 11.8 Å². The van der Waals surface area contributed by atoms with Gasteiger partial charge in [-0.1, -0.05) is 6.92 Å². The molecule has 108 valence electrons. The normalized spacial score (nSPS) is 31.9. The quantitative estimate of drug-likeness (QED) is 0.759. The Hall–Kier alpha value is -1.10. The summed E-state index contributed by atoms with van der Waals surface area (Å²) in [6.45, 7) is 7.03. The summed E-state index contributed by atoms with van der Waals surface area (Å²) < 4.78 is 0. The summed E-state index contributed by atoms with van der Waals surface area (Å²) in [5.41, 5.74) is 0. The van der Waals surface area contributed by atoms with Gasteiger partial charge in [-0.2, -0.15) is 0 Å². The maximum atomic E-state index is 12.3. The Kier molecular flexibility index (Phi) is 4.80. The van der Waals surface area contributed by atoms with Crippen molar-refractivity contribution < 1.29 is 9.59 Å². The topological polar surface area (TPSA) is 61.4 Å². The lowest BCUT2D eigenvalue weighted by Crippen LogP contribution is -2.53. The first-order chi connectivity index (χ1) is 9.08. The number of carbonyl (C=O) groups is 2. The second-order valence-corrected chi connectivity index (χ2v) is 5.89. The number of nitrogens with one attached hydrogen (secondary N) is 2. The average Bonchev–Trinajstić information content (AvgIpc) is 2.41. The van der Waals surface area contributed by atoms with E-state index in [9.17, 15) is 9.59 Å². The minimum absolute atomic E-state index is 0.0354. The van der Waals surface area contributed by atoms with E-state index in [4.69, 9.17) is 0 Å². The maximum absolute atomic E-state index is 12.3. The highest BCUT2D eigenvalue weighted by Crippen LogP contribution is 2.18. The molecule has 0 spiro atoms. The van der Waals surface area contributed by atoms with Crippen LogP contribution in [-0.4, -0.2) is 48.9 Å². The van der Waals surface area contributed by atoms with E-state index in [1.54, 1.807) is 11.8 Å². The van der Waals surface area contributed by atoms with Crippen LogP contribution in [0.2, 0.25) is 0 Å². The van der Waals surface area contributed by atoms with Crippen LogP contribution in [0.3, 0.4) is 0 Å². The second-order valence-electron chi connectivity index (χ2n) is 5.89. The van der Waals surface area contributed by atoms with Crippen molar-refractivity contribution in [3.8, 4) is 0 Å². The standard InChI is InChI=1S/C14H25N3O2/c1-10-5-6-15-8-13(10)16-14(19)12-4-3-7-17(9-12)11(2)18/h10,12-13,15H,3-9H2,1-2H3,(H,16,19). The number of hydrogen-bond donors (Lipinski definition) is 2. The molecule has 2 fully saturated rings.